The quantitative estimate of drug-likeness (QED) is 0.575. The Morgan fingerprint density at radius 1 is 1.40 bits per heavy atom. The number of halogens is 3. The molecule has 0 aromatic rings. The Labute approximate surface area is 56.6 Å². The van der Waals surface area contributed by atoms with Crippen LogP contribution in [0.15, 0.2) is 0 Å². The van der Waals surface area contributed by atoms with E-state index >= 15 is 0 Å². The lowest BCUT2D eigenvalue weighted by atomic mass is 10.2. The van der Waals surface area contributed by atoms with Gasteiger partial charge < -0.3 is 0 Å². The number of ether oxygens (including phenoxy) is 1. The molecule has 0 aromatic carbocycles. The molecule has 1 atom stereocenters. The van der Waals surface area contributed by atoms with Crippen LogP contribution >= 0.6 is 0 Å². The molecule has 0 fully saturated rings. The molecule has 0 aliphatic heterocycles. The molecule has 0 aliphatic carbocycles. The van der Waals surface area contributed by atoms with Gasteiger partial charge in [-0.2, -0.15) is 18.3 Å². The Hall–Kier alpha value is -0.290. The summed E-state index contributed by atoms with van der Waals surface area (Å²) >= 11 is 0. The number of hydrogen-bond donors (Lipinski definition) is 0. The van der Waals surface area contributed by atoms with Crippen LogP contribution in [0.4, 0.5) is 13.2 Å². The molecule has 1 unspecified atom stereocenters. The lowest BCUT2D eigenvalue weighted by Gasteiger charge is -2.19. The summed E-state index contributed by atoms with van der Waals surface area (Å²) in [7, 11) is 0. The van der Waals surface area contributed by atoms with Gasteiger partial charge in [0.15, 0.2) is 0 Å². The highest BCUT2D eigenvalue weighted by Gasteiger charge is 2.37. The molecule has 1 radical (unpaired) electrons. The number of rotatable bonds is 3. The molecule has 0 aromatic heterocycles. The summed E-state index contributed by atoms with van der Waals surface area (Å²) in [5, 5.41) is 10.2. The van der Waals surface area contributed by atoms with Crippen LogP contribution in [0.25, 0.3) is 0 Å². The molecule has 10 heavy (non-hydrogen) atoms. The SMILES string of the molecule is CC(C)C([O])(F)OC(F)F. The molecule has 0 saturated heterocycles. The molecule has 0 bridgehead atoms. The summed E-state index contributed by atoms with van der Waals surface area (Å²) in [4.78, 5) is 0. The standard InChI is InChI=1S/C5H8F3O2/c1-3(2)5(8,9)10-4(6)7/h3-4H,1-2H3. The van der Waals surface area contributed by atoms with Gasteiger partial charge in [-0.25, -0.2) is 0 Å². The van der Waals surface area contributed by atoms with E-state index < -0.39 is 18.6 Å². The zero-order chi connectivity index (χ0) is 8.36. The monoisotopic (exact) mass is 157 g/mol. The summed E-state index contributed by atoms with van der Waals surface area (Å²) < 4.78 is 37.8. The molecule has 0 saturated carbocycles. The minimum atomic E-state index is -3.48. The van der Waals surface area contributed by atoms with Crippen LogP contribution in [0.5, 0.6) is 0 Å². The van der Waals surface area contributed by atoms with E-state index in [9.17, 15) is 18.3 Å². The van der Waals surface area contributed by atoms with Crippen molar-refractivity contribution in [3.05, 3.63) is 0 Å². The van der Waals surface area contributed by atoms with Gasteiger partial charge in [0.05, 0.1) is 0 Å². The fraction of sp³-hybridized carbons (Fsp3) is 1.00. The highest BCUT2D eigenvalue weighted by molar-refractivity contribution is 4.55. The minimum absolute atomic E-state index is 1.12. The largest absolute Gasteiger partial charge is 0.354 e. The van der Waals surface area contributed by atoms with E-state index in [0.29, 0.717) is 0 Å². The summed E-state index contributed by atoms with van der Waals surface area (Å²) in [5.41, 5.74) is 0. The topological polar surface area (TPSA) is 29.1 Å². The Kier molecular flexibility index (Phi) is 3.11. The van der Waals surface area contributed by atoms with Gasteiger partial charge in [0.2, 0.25) is 0 Å². The number of hydrogen-bond acceptors (Lipinski definition) is 1. The first kappa shape index (κ1) is 9.71. The first-order valence-corrected chi connectivity index (χ1v) is 2.71. The van der Waals surface area contributed by atoms with Crippen molar-refractivity contribution in [1.29, 1.82) is 0 Å². The van der Waals surface area contributed by atoms with E-state index in [0.717, 1.165) is 13.8 Å². The van der Waals surface area contributed by atoms with Crippen molar-refractivity contribution in [2.45, 2.75) is 26.5 Å². The molecule has 0 N–H and O–H groups in total. The summed E-state index contributed by atoms with van der Waals surface area (Å²) in [5.74, 6) is -1.12. The van der Waals surface area contributed by atoms with Crippen LogP contribution in [0, 0.1) is 5.92 Å². The van der Waals surface area contributed by atoms with Crippen LogP contribution in [-0.4, -0.2) is 12.7 Å². The van der Waals surface area contributed by atoms with Gasteiger partial charge >= 0.3 is 12.7 Å². The van der Waals surface area contributed by atoms with Gasteiger partial charge in [-0.05, 0) is 0 Å². The first-order valence-electron chi connectivity index (χ1n) is 2.71. The van der Waals surface area contributed by atoms with Crippen LogP contribution < -0.4 is 0 Å². The molecule has 2 nitrogen and oxygen atoms in total. The lowest BCUT2D eigenvalue weighted by molar-refractivity contribution is -0.397. The predicted octanol–water partition coefficient (Wildman–Crippen LogP) is 1.94. The smallest absolute Gasteiger partial charge is 0.259 e. The second-order valence-electron chi connectivity index (χ2n) is 2.12. The molecule has 0 aliphatic rings. The van der Waals surface area contributed by atoms with Crippen molar-refractivity contribution in [2.75, 3.05) is 0 Å². The van der Waals surface area contributed by atoms with Gasteiger partial charge in [-0.1, -0.05) is 13.8 Å². The molecule has 0 spiro atoms. The number of alkyl halides is 3. The molecular weight excluding hydrogens is 149 g/mol. The molecule has 0 heterocycles. The zero-order valence-electron chi connectivity index (χ0n) is 5.61. The van der Waals surface area contributed by atoms with Gasteiger partial charge in [-0.3, -0.25) is 4.74 Å². The van der Waals surface area contributed by atoms with Crippen molar-refractivity contribution in [1.82, 2.24) is 0 Å². The van der Waals surface area contributed by atoms with Crippen LogP contribution in [-0.2, 0) is 9.84 Å². The fourth-order valence-corrected chi connectivity index (χ4v) is 0.258. The Bertz CT molecular complexity index is 103. The Morgan fingerprint density at radius 2 is 1.80 bits per heavy atom. The lowest BCUT2D eigenvalue weighted by Crippen LogP contribution is -2.33. The minimum Gasteiger partial charge on any atom is -0.259 e. The zero-order valence-corrected chi connectivity index (χ0v) is 5.61. The van der Waals surface area contributed by atoms with E-state index in [1.165, 1.54) is 0 Å². The van der Waals surface area contributed by atoms with Gasteiger partial charge in [0.25, 0.3) is 0 Å². The van der Waals surface area contributed by atoms with Crippen LogP contribution in [0.3, 0.4) is 0 Å². The third-order valence-electron chi connectivity index (χ3n) is 0.939. The Balaban J connectivity index is 3.87. The maximum Gasteiger partial charge on any atom is 0.354 e. The van der Waals surface area contributed by atoms with E-state index in [-0.39, 0.29) is 0 Å². The van der Waals surface area contributed by atoms with Crippen LogP contribution in [0.2, 0.25) is 0 Å². The molecule has 0 rings (SSSR count). The Morgan fingerprint density at radius 3 is 1.90 bits per heavy atom. The van der Waals surface area contributed by atoms with Crippen molar-refractivity contribution in [2.24, 2.45) is 5.92 Å². The van der Waals surface area contributed by atoms with E-state index in [1.54, 1.807) is 0 Å². The molecule has 61 valence electrons. The van der Waals surface area contributed by atoms with E-state index in [2.05, 4.69) is 4.74 Å². The molecule has 5 heteroatoms. The summed E-state index contributed by atoms with van der Waals surface area (Å²) in [6, 6.07) is -3.48. The van der Waals surface area contributed by atoms with Crippen molar-refractivity contribution in [3.63, 3.8) is 0 Å². The normalized spacial score (nSPS) is 18.0. The average molecular weight is 157 g/mol. The highest BCUT2D eigenvalue weighted by Crippen LogP contribution is 2.23. The fourth-order valence-electron chi connectivity index (χ4n) is 0.258. The third kappa shape index (κ3) is 3.03. The summed E-state index contributed by atoms with van der Waals surface area (Å²) in [6.07, 6.45) is 0. The van der Waals surface area contributed by atoms with Crippen molar-refractivity contribution < 1.29 is 23.0 Å². The molecule has 0 amide bonds. The third-order valence-corrected chi connectivity index (χ3v) is 0.939. The van der Waals surface area contributed by atoms with Crippen molar-refractivity contribution in [3.8, 4) is 0 Å². The van der Waals surface area contributed by atoms with Crippen LogP contribution in [0.1, 0.15) is 13.8 Å². The maximum atomic E-state index is 12.2. The first-order chi connectivity index (χ1) is 4.36. The second kappa shape index (κ2) is 3.21. The van der Waals surface area contributed by atoms with E-state index in [4.69, 9.17) is 0 Å². The second-order valence-corrected chi connectivity index (χ2v) is 2.12. The van der Waals surface area contributed by atoms with Gasteiger partial charge in [0, 0.05) is 5.92 Å². The molecular formula is C5H8F3O2. The predicted molar refractivity (Wildman–Crippen MR) is 26.5 cm³/mol. The van der Waals surface area contributed by atoms with E-state index in [1.807, 2.05) is 0 Å². The maximum absolute atomic E-state index is 12.2. The highest BCUT2D eigenvalue weighted by atomic mass is 19.3. The van der Waals surface area contributed by atoms with Crippen molar-refractivity contribution >= 4 is 0 Å². The van der Waals surface area contributed by atoms with Gasteiger partial charge in [-0.15, -0.1) is 0 Å². The average Bonchev–Trinajstić information content (AvgIpc) is 1.60. The summed E-state index contributed by atoms with van der Waals surface area (Å²) in [6.45, 7) is -1.03. The van der Waals surface area contributed by atoms with Gasteiger partial charge in [0.1, 0.15) is 0 Å².